The third-order valence-corrected chi connectivity index (χ3v) is 3.24. The average molecular weight is 274 g/mol. The van der Waals surface area contributed by atoms with Crippen molar-refractivity contribution in [2.45, 2.75) is 32.6 Å². The topological polar surface area (TPSA) is 42.0 Å². The number of pyridine rings is 1. The number of fused-ring (bicyclic) bond motifs is 1. The number of nitrogens with one attached hydrogen (secondary N) is 1. The highest BCUT2D eigenvalue weighted by molar-refractivity contribution is 5.97. The van der Waals surface area contributed by atoms with E-state index in [1.807, 2.05) is 0 Å². The van der Waals surface area contributed by atoms with Gasteiger partial charge in [0.25, 0.3) is 5.91 Å². The Labute approximate surface area is 118 Å². The number of carbonyl (C=O) groups excluding carboxylic acids is 1. The molecule has 1 heterocycles. The van der Waals surface area contributed by atoms with E-state index in [2.05, 4.69) is 17.2 Å². The molecule has 0 bridgehead atoms. The van der Waals surface area contributed by atoms with Crippen molar-refractivity contribution in [1.29, 1.82) is 0 Å². The van der Waals surface area contributed by atoms with Crippen molar-refractivity contribution in [3.8, 4) is 0 Å². The van der Waals surface area contributed by atoms with Crippen LogP contribution >= 0.6 is 0 Å². The van der Waals surface area contributed by atoms with Crippen molar-refractivity contribution in [3.63, 3.8) is 0 Å². The van der Waals surface area contributed by atoms with Crippen molar-refractivity contribution in [1.82, 2.24) is 10.3 Å². The number of aromatic nitrogens is 1. The maximum absolute atomic E-state index is 13.5. The quantitative estimate of drug-likeness (QED) is 0.816. The van der Waals surface area contributed by atoms with Gasteiger partial charge in [0, 0.05) is 18.1 Å². The Kier molecular flexibility index (Phi) is 5.04. The van der Waals surface area contributed by atoms with Gasteiger partial charge in [0.1, 0.15) is 11.3 Å². The summed E-state index contributed by atoms with van der Waals surface area (Å²) in [6, 6.07) is 6.41. The summed E-state index contributed by atoms with van der Waals surface area (Å²) in [6.45, 7) is 2.82. The first kappa shape index (κ1) is 14.4. The molecule has 1 aromatic carbocycles. The molecule has 106 valence electrons. The van der Waals surface area contributed by atoms with Crippen molar-refractivity contribution in [3.05, 3.63) is 41.8 Å². The molecule has 3 nitrogen and oxygen atoms in total. The van der Waals surface area contributed by atoms with E-state index in [9.17, 15) is 9.18 Å². The van der Waals surface area contributed by atoms with Crippen LogP contribution in [0.25, 0.3) is 10.9 Å². The van der Waals surface area contributed by atoms with Gasteiger partial charge in [-0.1, -0.05) is 38.3 Å². The van der Waals surface area contributed by atoms with E-state index in [1.54, 1.807) is 18.2 Å². The maximum Gasteiger partial charge on any atom is 0.252 e. The number of benzene rings is 1. The maximum atomic E-state index is 13.5. The van der Waals surface area contributed by atoms with Gasteiger partial charge < -0.3 is 5.32 Å². The Morgan fingerprint density at radius 3 is 2.95 bits per heavy atom. The van der Waals surface area contributed by atoms with Gasteiger partial charge in [0.05, 0.1) is 5.56 Å². The molecule has 0 saturated carbocycles. The van der Waals surface area contributed by atoms with Crippen molar-refractivity contribution < 1.29 is 9.18 Å². The van der Waals surface area contributed by atoms with E-state index < -0.39 is 0 Å². The fraction of sp³-hybridized carbons (Fsp3) is 0.375. The first-order valence-electron chi connectivity index (χ1n) is 7.05. The van der Waals surface area contributed by atoms with Gasteiger partial charge in [0.2, 0.25) is 0 Å². The molecule has 1 N–H and O–H groups in total. The first-order valence-corrected chi connectivity index (χ1v) is 7.05. The molecule has 20 heavy (non-hydrogen) atoms. The molecule has 4 heteroatoms. The molecule has 2 rings (SSSR count). The lowest BCUT2D eigenvalue weighted by molar-refractivity contribution is 0.0952. The minimum atomic E-state index is -0.367. The largest absolute Gasteiger partial charge is 0.352 e. The summed E-state index contributed by atoms with van der Waals surface area (Å²) < 4.78 is 13.5. The highest BCUT2D eigenvalue weighted by Crippen LogP contribution is 2.16. The Morgan fingerprint density at radius 1 is 1.30 bits per heavy atom. The van der Waals surface area contributed by atoms with Crippen LogP contribution in [0.3, 0.4) is 0 Å². The van der Waals surface area contributed by atoms with Crippen LogP contribution in [0.15, 0.2) is 30.5 Å². The standard InChI is InChI=1S/C16H19FN2O/c1-2-3-4-5-9-18-16(20)13-10-12-7-6-8-14(17)15(12)19-11-13/h6-8,10-11H,2-5,9H2,1H3,(H,18,20). The number of halogens is 1. The molecule has 0 radical (unpaired) electrons. The summed E-state index contributed by atoms with van der Waals surface area (Å²) in [4.78, 5) is 16.0. The van der Waals surface area contributed by atoms with Gasteiger partial charge in [-0.2, -0.15) is 0 Å². The minimum absolute atomic E-state index is 0.153. The number of rotatable bonds is 6. The van der Waals surface area contributed by atoms with Gasteiger partial charge in [-0.05, 0) is 18.6 Å². The normalized spacial score (nSPS) is 10.7. The summed E-state index contributed by atoms with van der Waals surface area (Å²) in [5.74, 6) is -0.519. The van der Waals surface area contributed by atoms with Crippen LogP contribution in [-0.4, -0.2) is 17.4 Å². The lowest BCUT2D eigenvalue weighted by Gasteiger charge is -2.06. The molecule has 0 unspecified atom stereocenters. The number of amides is 1. The summed E-state index contributed by atoms with van der Waals surface area (Å²) in [5.41, 5.74) is 0.769. The van der Waals surface area contributed by atoms with E-state index in [0.29, 0.717) is 23.0 Å². The summed E-state index contributed by atoms with van der Waals surface area (Å²) in [6.07, 6.45) is 5.89. The van der Waals surface area contributed by atoms with E-state index in [1.165, 1.54) is 25.1 Å². The van der Waals surface area contributed by atoms with Crippen LogP contribution in [-0.2, 0) is 0 Å². The molecule has 0 spiro atoms. The van der Waals surface area contributed by atoms with Crippen molar-refractivity contribution in [2.75, 3.05) is 6.54 Å². The molecule has 0 aliphatic carbocycles. The highest BCUT2D eigenvalue weighted by atomic mass is 19.1. The number of hydrogen-bond donors (Lipinski definition) is 1. The minimum Gasteiger partial charge on any atom is -0.352 e. The Balaban J connectivity index is 2.00. The van der Waals surface area contributed by atoms with Crippen LogP contribution in [0.5, 0.6) is 0 Å². The molecule has 1 aromatic heterocycles. The van der Waals surface area contributed by atoms with Gasteiger partial charge in [-0.3, -0.25) is 9.78 Å². The van der Waals surface area contributed by atoms with Crippen LogP contribution in [0.2, 0.25) is 0 Å². The third-order valence-electron chi connectivity index (χ3n) is 3.24. The number of carbonyl (C=O) groups is 1. The number of para-hydroxylation sites is 1. The molecule has 2 aromatic rings. The fourth-order valence-electron chi connectivity index (χ4n) is 2.10. The molecule has 1 amide bonds. The Bertz CT molecular complexity index is 598. The second-order valence-electron chi connectivity index (χ2n) is 4.85. The number of unbranched alkanes of at least 4 members (excludes halogenated alkanes) is 3. The van der Waals surface area contributed by atoms with Gasteiger partial charge >= 0.3 is 0 Å². The molecule has 0 atom stereocenters. The van der Waals surface area contributed by atoms with Crippen LogP contribution in [0.1, 0.15) is 43.0 Å². The molecule has 0 aliphatic heterocycles. The average Bonchev–Trinajstić information content (AvgIpc) is 2.47. The Morgan fingerprint density at radius 2 is 2.15 bits per heavy atom. The predicted molar refractivity (Wildman–Crippen MR) is 78.2 cm³/mol. The highest BCUT2D eigenvalue weighted by Gasteiger charge is 2.08. The van der Waals surface area contributed by atoms with E-state index in [-0.39, 0.29) is 11.7 Å². The SMILES string of the molecule is CCCCCCNC(=O)c1cnc2c(F)cccc2c1. The predicted octanol–water partition coefficient (Wildman–Crippen LogP) is 3.68. The second kappa shape index (κ2) is 6.98. The summed E-state index contributed by atoms with van der Waals surface area (Å²) >= 11 is 0. The smallest absolute Gasteiger partial charge is 0.252 e. The zero-order chi connectivity index (χ0) is 14.4. The first-order chi connectivity index (χ1) is 9.72. The molecular formula is C16H19FN2O. The zero-order valence-electron chi connectivity index (χ0n) is 11.7. The van der Waals surface area contributed by atoms with Crippen molar-refractivity contribution in [2.24, 2.45) is 0 Å². The summed E-state index contributed by atoms with van der Waals surface area (Å²) in [5, 5.41) is 3.51. The van der Waals surface area contributed by atoms with E-state index >= 15 is 0 Å². The van der Waals surface area contributed by atoms with E-state index in [4.69, 9.17) is 0 Å². The lowest BCUT2D eigenvalue weighted by atomic mass is 10.1. The molecule has 0 fully saturated rings. The fourth-order valence-corrected chi connectivity index (χ4v) is 2.10. The van der Waals surface area contributed by atoms with Gasteiger partial charge in [0.15, 0.2) is 0 Å². The van der Waals surface area contributed by atoms with Crippen LogP contribution in [0.4, 0.5) is 4.39 Å². The lowest BCUT2D eigenvalue weighted by Crippen LogP contribution is -2.24. The number of nitrogens with zero attached hydrogens (tertiary/aromatic N) is 1. The van der Waals surface area contributed by atoms with Gasteiger partial charge in [-0.15, -0.1) is 0 Å². The molecule has 0 saturated heterocycles. The second-order valence-corrected chi connectivity index (χ2v) is 4.85. The van der Waals surface area contributed by atoms with E-state index in [0.717, 1.165) is 12.8 Å². The molecule has 0 aliphatic rings. The van der Waals surface area contributed by atoms with Crippen LogP contribution < -0.4 is 5.32 Å². The monoisotopic (exact) mass is 274 g/mol. The zero-order valence-corrected chi connectivity index (χ0v) is 11.7. The summed E-state index contributed by atoms with van der Waals surface area (Å²) in [7, 11) is 0. The van der Waals surface area contributed by atoms with Gasteiger partial charge in [-0.25, -0.2) is 4.39 Å². The Hall–Kier alpha value is -1.97. The van der Waals surface area contributed by atoms with Crippen molar-refractivity contribution >= 4 is 16.8 Å². The third kappa shape index (κ3) is 3.53. The number of hydrogen-bond acceptors (Lipinski definition) is 2. The van der Waals surface area contributed by atoms with Crippen LogP contribution in [0, 0.1) is 5.82 Å². The molecular weight excluding hydrogens is 255 g/mol.